The number of hydrogen-bond acceptors (Lipinski definition) is 3. The van der Waals surface area contributed by atoms with Gasteiger partial charge < -0.3 is 15.0 Å². The molecular formula is C15H13Cl2N3O2. The van der Waals surface area contributed by atoms with Gasteiger partial charge in [-0.05, 0) is 18.2 Å². The summed E-state index contributed by atoms with van der Waals surface area (Å²) in [6.45, 7) is -0.00669. The largest absolute Gasteiger partial charge is 0.387 e. The third-order valence-electron chi connectivity index (χ3n) is 3.14. The summed E-state index contributed by atoms with van der Waals surface area (Å²) in [5.41, 5.74) is 1.22. The first-order valence-electron chi connectivity index (χ1n) is 6.40. The summed E-state index contributed by atoms with van der Waals surface area (Å²) < 4.78 is 1.55. The zero-order valence-corrected chi connectivity index (χ0v) is 13.2. The molecule has 0 aliphatic heterocycles. The zero-order valence-electron chi connectivity index (χ0n) is 11.7. The van der Waals surface area contributed by atoms with Crippen LogP contribution < -0.4 is 5.32 Å². The van der Waals surface area contributed by atoms with Crippen LogP contribution in [0.2, 0.25) is 10.0 Å². The molecule has 1 amide bonds. The van der Waals surface area contributed by atoms with E-state index in [2.05, 4.69) is 5.32 Å². The van der Waals surface area contributed by atoms with Crippen LogP contribution in [-0.2, 0) is 7.05 Å². The van der Waals surface area contributed by atoms with E-state index in [9.17, 15) is 9.90 Å². The van der Waals surface area contributed by atoms with Gasteiger partial charge in [-0.25, -0.2) is 0 Å². The van der Waals surface area contributed by atoms with E-state index in [-0.39, 0.29) is 12.5 Å². The smallest absolute Gasteiger partial charge is 0.268 e. The monoisotopic (exact) mass is 337 g/mol. The van der Waals surface area contributed by atoms with E-state index in [1.807, 2.05) is 6.07 Å². The first-order valence-corrected chi connectivity index (χ1v) is 7.15. The molecule has 1 aromatic heterocycles. The molecule has 114 valence electrons. The van der Waals surface area contributed by atoms with Crippen molar-refractivity contribution in [1.29, 1.82) is 5.26 Å². The molecule has 5 nitrogen and oxygen atoms in total. The van der Waals surface area contributed by atoms with Crippen LogP contribution >= 0.6 is 23.2 Å². The molecule has 22 heavy (non-hydrogen) atoms. The molecule has 0 radical (unpaired) electrons. The van der Waals surface area contributed by atoms with Crippen LogP contribution in [0.1, 0.15) is 27.7 Å². The van der Waals surface area contributed by atoms with Crippen molar-refractivity contribution < 1.29 is 9.90 Å². The number of nitrogens with zero attached hydrogens (tertiary/aromatic N) is 2. The summed E-state index contributed by atoms with van der Waals surface area (Å²) in [7, 11) is 1.67. The number of amides is 1. The van der Waals surface area contributed by atoms with Gasteiger partial charge in [0.25, 0.3) is 5.91 Å². The molecule has 0 spiro atoms. The van der Waals surface area contributed by atoms with Crippen molar-refractivity contribution in [3.8, 4) is 6.07 Å². The number of benzene rings is 1. The van der Waals surface area contributed by atoms with Crippen molar-refractivity contribution >= 4 is 29.1 Å². The number of aromatic nitrogens is 1. The number of aliphatic hydroxyl groups is 1. The van der Waals surface area contributed by atoms with Gasteiger partial charge in [-0.2, -0.15) is 5.26 Å². The molecule has 0 fully saturated rings. The highest BCUT2D eigenvalue weighted by atomic mass is 35.5. The van der Waals surface area contributed by atoms with Crippen molar-refractivity contribution in [1.82, 2.24) is 9.88 Å². The van der Waals surface area contributed by atoms with Crippen LogP contribution in [-0.4, -0.2) is 22.1 Å². The Morgan fingerprint density at radius 2 is 2.18 bits per heavy atom. The number of aryl methyl sites for hydroxylation is 1. The minimum Gasteiger partial charge on any atom is -0.387 e. The molecule has 1 aromatic carbocycles. The first kappa shape index (κ1) is 16.4. The minimum absolute atomic E-state index is 0.00669. The Hall–Kier alpha value is -2.00. The molecule has 0 saturated carbocycles. The summed E-state index contributed by atoms with van der Waals surface area (Å²) in [5, 5.41) is 22.3. The van der Waals surface area contributed by atoms with Crippen LogP contribution in [0.3, 0.4) is 0 Å². The summed E-state index contributed by atoms with van der Waals surface area (Å²) in [5.74, 6) is -0.381. The Balaban J connectivity index is 2.04. The summed E-state index contributed by atoms with van der Waals surface area (Å²) in [6.07, 6.45) is 0.603. The third-order valence-corrected chi connectivity index (χ3v) is 3.71. The van der Waals surface area contributed by atoms with Crippen LogP contribution in [0.5, 0.6) is 0 Å². The van der Waals surface area contributed by atoms with Crippen LogP contribution in [0, 0.1) is 11.3 Å². The Bertz CT molecular complexity index is 750. The molecule has 0 aliphatic carbocycles. The van der Waals surface area contributed by atoms with Gasteiger partial charge in [0.2, 0.25) is 0 Å². The average molecular weight is 338 g/mol. The van der Waals surface area contributed by atoms with Gasteiger partial charge in [0.05, 0.1) is 11.7 Å². The van der Waals surface area contributed by atoms with E-state index < -0.39 is 6.10 Å². The maximum Gasteiger partial charge on any atom is 0.268 e. The van der Waals surface area contributed by atoms with Crippen molar-refractivity contribution in [2.45, 2.75) is 6.10 Å². The predicted octanol–water partition coefficient (Wildman–Crippen LogP) is 2.67. The summed E-state index contributed by atoms with van der Waals surface area (Å²) in [6, 6.07) is 8.20. The Kier molecular flexibility index (Phi) is 5.09. The number of nitriles is 1. The van der Waals surface area contributed by atoms with Crippen molar-refractivity contribution in [2.75, 3.05) is 6.54 Å². The molecule has 1 atom stereocenters. The molecule has 2 aromatic rings. The van der Waals surface area contributed by atoms with E-state index in [1.165, 1.54) is 12.1 Å². The second-order valence-corrected chi connectivity index (χ2v) is 5.57. The topological polar surface area (TPSA) is 78.0 Å². The zero-order chi connectivity index (χ0) is 16.3. The highest BCUT2D eigenvalue weighted by Crippen LogP contribution is 2.25. The number of rotatable bonds is 4. The number of carbonyl (C=O) groups excluding carboxylic acids is 1. The molecule has 2 N–H and O–H groups in total. The Morgan fingerprint density at radius 1 is 1.45 bits per heavy atom. The van der Waals surface area contributed by atoms with E-state index >= 15 is 0 Å². The lowest BCUT2D eigenvalue weighted by Crippen LogP contribution is -2.29. The summed E-state index contributed by atoms with van der Waals surface area (Å²) >= 11 is 11.8. The standard InChI is InChI=1S/C15H13Cl2N3O2/c1-20-8-9(6-18)4-13(20)15(22)19-7-14(21)11-3-2-10(16)5-12(11)17/h2-5,8,14,21H,7H2,1H3,(H,19,22). The van der Waals surface area contributed by atoms with Gasteiger partial charge in [-0.3, -0.25) is 4.79 Å². The maximum absolute atomic E-state index is 12.1. The molecule has 7 heteroatoms. The second-order valence-electron chi connectivity index (χ2n) is 4.73. The number of hydrogen-bond donors (Lipinski definition) is 2. The van der Waals surface area contributed by atoms with E-state index in [4.69, 9.17) is 28.5 Å². The average Bonchev–Trinajstić information content (AvgIpc) is 2.85. The number of aliphatic hydroxyl groups excluding tert-OH is 1. The first-order chi connectivity index (χ1) is 10.4. The van der Waals surface area contributed by atoms with Crippen molar-refractivity contribution in [2.24, 2.45) is 7.05 Å². The molecule has 1 unspecified atom stereocenters. The normalized spacial score (nSPS) is 11.8. The van der Waals surface area contributed by atoms with Crippen LogP contribution in [0.15, 0.2) is 30.5 Å². The molecule has 1 heterocycles. The Morgan fingerprint density at radius 3 is 2.77 bits per heavy atom. The maximum atomic E-state index is 12.1. The number of carbonyl (C=O) groups is 1. The van der Waals surface area contributed by atoms with Gasteiger partial charge >= 0.3 is 0 Å². The number of nitrogens with one attached hydrogen (secondary N) is 1. The fraction of sp³-hybridized carbons (Fsp3) is 0.200. The number of halogens is 2. The fourth-order valence-electron chi connectivity index (χ4n) is 2.01. The molecule has 0 bridgehead atoms. The fourth-order valence-corrected chi connectivity index (χ4v) is 2.55. The lowest BCUT2D eigenvalue weighted by Gasteiger charge is -2.14. The van der Waals surface area contributed by atoms with E-state index in [0.717, 1.165) is 0 Å². The quantitative estimate of drug-likeness (QED) is 0.900. The van der Waals surface area contributed by atoms with Crippen molar-refractivity contribution in [3.63, 3.8) is 0 Å². The minimum atomic E-state index is -0.954. The van der Waals surface area contributed by atoms with Gasteiger partial charge in [0, 0.05) is 35.4 Å². The van der Waals surface area contributed by atoms with Crippen molar-refractivity contribution in [3.05, 3.63) is 57.3 Å². The Labute approximate surface area is 137 Å². The second kappa shape index (κ2) is 6.84. The van der Waals surface area contributed by atoms with Gasteiger partial charge in [-0.1, -0.05) is 29.3 Å². The lowest BCUT2D eigenvalue weighted by molar-refractivity contribution is 0.0908. The lowest BCUT2D eigenvalue weighted by atomic mass is 10.1. The molecular weight excluding hydrogens is 325 g/mol. The summed E-state index contributed by atoms with van der Waals surface area (Å²) in [4.78, 5) is 12.1. The van der Waals surface area contributed by atoms with E-state index in [0.29, 0.717) is 26.9 Å². The molecule has 2 rings (SSSR count). The van der Waals surface area contributed by atoms with Crippen LogP contribution in [0.4, 0.5) is 0 Å². The highest BCUT2D eigenvalue weighted by molar-refractivity contribution is 6.35. The van der Waals surface area contributed by atoms with Crippen LogP contribution in [0.25, 0.3) is 0 Å². The van der Waals surface area contributed by atoms with Gasteiger partial charge in [0.15, 0.2) is 0 Å². The van der Waals surface area contributed by atoms with Gasteiger partial charge in [0.1, 0.15) is 11.8 Å². The third kappa shape index (κ3) is 3.60. The SMILES string of the molecule is Cn1cc(C#N)cc1C(=O)NCC(O)c1ccc(Cl)cc1Cl. The molecule has 0 aliphatic rings. The van der Waals surface area contributed by atoms with E-state index in [1.54, 1.807) is 29.9 Å². The van der Waals surface area contributed by atoms with Gasteiger partial charge in [-0.15, -0.1) is 0 Å². The highest BCUT2D eigenvalue weighted by Gasteiger charge is 2.16. The molecule has 0 saturated heterocycles. The predicted molar refractivity (Wildman–Crippen MR) is 83.9 cm³/mol.